The van der Waals surface area contributed by atoms with Gasteiger partial charge in [0.25, 0.3) is 0 Å². The molecule has 1 unspecified atom stereocenters. The minimum absolute atomic E-state index is 0.151. The van der Waals surface area contributed by atoms with Crippen LogP contribution in [-0.2, 0) is 0 Å². The fourth-order valence-corrected chi connectivity index (χ4v) is 1.67. The second-order valence-corrected chi connectivity index (χ2v) is 4.07. The normalized spacial score (nSPS) is 11.8. The zero-order valence-corrected chi connectivity index (χ0v) is 10.1. The maximum atomic E-state index is 10.9. The molecule has 1 amide bonds. The molecule has 0 saturated carbocycles. The summed E-state index contributed by atoms with van der Waals surface area (Å²) in [6.07, 6.45) is 1.47. The van der Waals surface area contributed by atoms with Gasteiger partial charge in [-0.3, -0.25) is 4.79 Å². The van der Waals surface area contributed by atoms with E-state index >= 15 is 0 Å². The molecule has 0 radical (unpaired) electrons. The van der Waals surface area contributed by atoms with Gasteiger partial charge in [-0.2, -0.15) is 0 Å². The van der Waals surface area contributed by atoms with E-state index in [2.05, 4.69) is 29.4 Å². The highest BCUT2D eigenvalue weighted by molar-refractivity contribution is 5.92. The van der Waals surface area contributed by atoms with E-state index in [1.54, 1.807) is 12.1 Å². The molecule has 0 aliphatic carbocycles. The number of rotatable bonds is 4. The van der Waals surface area contributed by atoms with E-state index in [4.69, 9.17) is 5.73 Å². The standard InChI is InChI=1S/C14H15N3O/c1-10(11-5-3-2-4-6-11)17-13-8-7-12(9-16-13)14(15)18/h2-10H,1H3,(H2,15,18)(H,16,17). The molecule has 1 aromatic heterocycles. The van der Waals surface area contributed by atoms with Gasteiger partial charge in [0.1, 0.15) is 5.82 Å². The molecule has 3 N–H and O–H groups in total. The lowest BCUT2D eigenvalue weighted by Gasteiger charge is -2.14. The van der Waals surface area contributed by atoms with E-state index in [1.807, 2.05) is 18.2 Å². The molecular weight excluding hydrogens is 226 g/mol. The van der Waals surface area contributed by atoms with Crippen LogP contribution >= 0.6 is 0 Å². The molecule has 0 bridgehead atoms. The average molecular weight is 241 g/mol. The van der Waals surface area contributed by atoms with Crippen molar-refractivity contribution in [3.8, 4) is 0 Å². The average Bonchev–Trinajstić information content (AvgIpc) is 2.40. The molecular formula is C14H15N3O. The third-order valence-corrected chi connectivity index (χ3v) is 2.71. The van der Waals surface area contributed by atoms with Crippen molar-refractivity contribution in [2.24, 2.45) is 5.73 Å². The van der Waals surface area contributed by atoms with Crippen molar-refractivity contribution in [3.63, 3.8) is 0 Å². The maximum absolute atomic E-state index is 10.9. The van der Waals surface area contributed by atoms with Gasteiger partial charge in [0, 0.05) is 12.2 Å². The fourth-order valence-electron chi connectivity index (χ4n) is 1.67. The zero-order chi connectivity index (χ0) is 13.0. The summed E-state index contributed by atoms with van der Waals surface area (Å²) in [6, 6.07) is 13.6. The van der Waals surface area contributed by atoms with Gasteiger partial charge >= 0.3 is 0 Å². The quantitative estimate of drug-likeness (QED) is 0.863. The number of hydrogen-bond donors (Lipinski definition) is 2. The Morgan fingerprint density at radius 2 is 1.94 bits per heavy atom. The fraction of sp³-hybridized carbons (Fsp3) is 0.143. The number of pyridine rings is 1. The van der Waals surface area contributed by atoms with Crippen LogP contribution in [0.1, 0.15) is 28.9 Å². The van der Waals surface area contributed by atoms with Crippen LogP contribution in [0.5, 0.6) is 0 Å². The SMILES string of the molecule is CC(Nc1ccc(C(N)=O)cn1)c1ccccc1. The van der Waals surface area contributed by atoms with Crippen LogP contribution in [0.25, 0.3) is 0 Å². The summed E-state index contributed by atoms with van der Waals surface area (Å²) >= 11 is 0. The number of nitrogens with two attached hydrogens (primary N) is 1. The van der Waals surface area contributed by atoms with E-state index in [0.29, 0.717) is 5.56 Å². The van der Waals surface area contributed by atoms with E-state index in [9.17, 15) is 4.79 Å². The van der Waals surface area contributed by atoms with Gasteiger partial charge in [0.2, 0.25) is 5.91 Å². The molecule has 1 heterocycles. The Bertz CT molecular complexity index is 522. The van der Waals surface area contributed by atoms with Gasteiger partial charge in [0.05, 0.1) is 5.56 Å². The predicted molar refractivity (Wildman–Crippen MR) is 71.2 cm³/mol. The lowest BCUT2D eigenvalue weighted by atomic mass is 10.1. The topological polar surface area (TPSA) is 68.0 Å². The van der Waals surface area contributed by atoms with E-state index in [0.717, 1.165) is 5.82 Å². The smallest absolute Gasteiger partial charge is 0.250 e. The number of primary amides is 1. The molecule has 0 spiro atoms. The lowest BCUT2D eigenvalue weighted by Crippen LogP contribution is -2.12. The zero-order valence-electron chi connectivity index (χ0n) is 10.1. The minimum atomic E-state index is -0.467. The Hall–Kier alpha value is -2.36. The number of benzene rings is 1. The number of aromatic nitrogens is 1. The molecule has 0 saturated heterocycles. The van der Waals surface area contributed by atoms with Crippen LogP contribution in [-0.4, -0.2) is 10.9 Å². The molecule has 4 nitrogen and oxygen atoms in total. The number of nitrogens with one attached hydrogen (secondary N) is 1. The van der Waals surface area contributed by atoms with Gasteiger partial charge in [-0.25, -0.2) is 4.98 Å². The van der Waals surface area contributed by atoms with Crippen molar-refractivity contribution in [3.05, 3.63) is 59.8 Å². The summed E-state index contributed by atoms with van der Waals surface area (Å²) < 4.78 is 0. The van der Waals surface area contributed by atoms with E-state index in [-0.39, 0.29) is 6.04 Å². The minimum Gasteiger partial charge on any atom is -0.366 e. The molecule has 1 atom stereocenters. The van der Waals surface area contributed by atoms with Crippen LogP contribution in [0.4, 0.5) is 5.82 Å². The van der Waals surface area contributed by atoms with Crippen molar-refractivity contribution in [1.82, 2.24) is 4.98 Å². The first-order chi connectivity index (χ1) is 8.66. The Labute approximate surface area is 106 Å². The molecule has 4 heteroatoms. The van der Waals surface area contributed by atoms with E-state index in [1.165, 1.54) is 11.8 Å². The van der Waals surface area contributed by atoms with Gasteiger partial charge in [-0.1, -0.05) is 30.3 Å². The molecule has 0 fully saturated rings. The van der Waals surface area contributed by atoms with Crippen LogP contribution in [0.3, 0.4) is 0 Å². The summed E-state index contributed by atoms with van der Waals surface area (Å²) in [7, 11) is 0. The second kappa shape index (κ2) is 5.31. The van der Waals surface area contributed by atoms with Crippen LogP contribution in [0.15, 0.2) is 48.7 Å². The highest BCUT2D eigenvalue weighted by Gasteiger charge is 2.06. The number of amides is 1. The molecule has 1 aromatic carbocycles. The maximum Gasteiger partial charge on any atom is 0.250 e. The number of carbonyl (C=O) groups excluding carboxylic acids is 1. The Morgan fingerprint density at radius 3 is 2.50 bits per heavy atom. The summed E-state index contributed by atoms with van der Waals surface area (Å²) in [4.78, 5) is 15.1. The molecule has 18 heavy (non-hydrogen) atoms. The van der Waals surface area contributed by atoms with Crippen molar-refractivity contribution in [2.45, 2.75) is 13.0 Å². The molecule has 0 aliphatic rings. The first-order valence-corrected chi connectivity index (χ1v) is 5.74. The first kappa shape index (κ1) is 12.1. The van der Waals surface area contributed by atoms with Gasteiger partial charge in [0.15, 0.2) is 0 Å². The lowest BCUT2D eigenvalue weighted by molar-refractivity contribution is 0.1000. The first-order valence-electron chi connectivity index (χ1n) is 5.74. The van der Waals surface area contributed by atoms with Gasteiger partial charge in [-0.05, 0) is 24.6 Å². The van der Waals surface area contributed by atoms with Crippen LogP contribution in [0.2, 0.25) is 0 Å². The van der Waals surface area contributed by atoms with Gasteiger partial charge < -0.3 is 11.1 Å². The Kier molecular flexibility index (Phi) is 3.57. The molecule has 0 aliphatic heterocycles. The second-order valence-electron chi connectivity index (χ2n) is 4.07. The summed E-state index contributed by atoms with van der Waals surface area (Å²) in [5.41, 5.74) is 6.75. The highest BCUT2D eigenvalue weighted by atomic mass is 16.1. The number of carbonyl (C=O) groups is 1. The number of anilines is 1. The summed E-state index contributed by atoms with van der Waals surface area (Å²) in [5.74, 6) is 0.251. The van der Waals surface area contributed by atoms with Gasteiger partial charge in [-0.15, -0.1) is 0 Å². The van der Waals surface area contributed by atoms with Crippen LogP contribution in [0, 0.1) is 0 Å². The third kappa shape index (κ3) is 2.85. The van der Waals surface area contributed by atoms with Crippen molar-refractivity contribution < 1.29 is 4.79 Å². The molecule has 2 aromatic rings. The number of nitrogens with zero attached hydrogens (tertiary/aromatic N) is 1. The highest BCUT2D eigenvalue weighted by Crippen LogP contribution is 2.17. The molecule has 2 rings (SSSR count). The summed E-state index contributed by atoms with van der Waals surface area (Å²) in [6.45, 7) is 2.05. The monoisotopic (exact) mass is 241 g/mol. The largest absolute Gasteiger partial charge is 0.366 e. The van der Waals surface area contributed by atoms with E-state index < -0.39 is 5.91 Å². The van der Waals surface area contributed by atoms with Crippen LogP contribution < -0.4 is 11.1 Å². The summed E-state index contributed by atoms with van der Waals surface area (Å²) in [5, 5.41) is 3.26. The Morgan fingerprint density at radius 1 is 1.22 bits per heavy atom. The third-order valence-electron chi connectivity index (χ3n) is 2.71. The molecule has 92 valence electrons. The number of hydrogen-bond acceptors (Lipinski definition) is 3. The van der Waals surface area contributed by atoms with Crippen molar-refractivity contribution in [2.75, 3.05) is 5.32 Å². The Balaban J connectivity index is 2.08. The van der Waals surface area contributed by atoms with Crippen molar-refractivity contribution >= 4 is 11.7 Å². The van der Waals surface area contributed by atoms with Crippen molar-refractivity contribution in [1.29, 1.82) is 0 Å². The predicted octanol–water partition coefficient (Wildman–Crippen LogP) is 2.35.